The molecule has 0 N–H and O–H groups in total. The van der Waals surface area contributed by atoms with Gasteiger partial charge in [0.25, 0.3) is 0 Å². The number of carbonyl (C=O) groups excluding carboxylic acids is 3. The van der Waals surface area contributed by atoms with Crippen LogP contribution in [0, 0.1) is 11.8 Å². The second-order valence-electron chi connectivity index (χ2n) is 4.01. The van der Waals surface area contributed by atoms with Gasteiger partial charge in [-0.3, -0.25) is 14.4 Å². The summed E-state index contributed by atoms with van der Waals surface area (Å²) in [5.41, 5.74) is 0. The van der Waals surface area contributed by atoms with Gasteiger partial charge in [0, 0.05) is 36.7 Å². The number of rotatable bonds is 3. The molecule has 2 fully saturated rings. The number of hydrogen-bond acceptors (Lipinski definition) is 5. The molecule has 2 rings (SSSR count). The Hall–Kier alpha value is -0.290. The summed E-state index contributed by atoms with van der Waals surface area (Å²) < 4.78 is 0. The summed E-state index contributed by atoms with van der Waals surface area (Å²) in [6.07, 6.45) is 1.42. The van der Waals surface area contributed by atoms with Crippen LogP contribution in [0.4, 0.5) is 0 Å². The quantitative estimate of drug-likeness (QED) is 0.753. The third-order valence-corrected chi connectivity index (χ3v) is 4.92. The molecule has 5 heteroatoms. The Labute approximate surface area is 96.7 Å². The minimum atomic E-state index is -0.0804. The summed E-state index contributed by atoms with van der Waals surface area (Å²) in [7, 11) is 0. The van der Waals surface area contributed by atoms with E-state index in [1.54, 1.807) is 0 Å². The number of hydrogen-bond donors (Lipinski definition) is 0. The van der Waals surface area contributed by atoms with Crippen LogP contribution in [0.2, 0.25) is 0 Å². The van der Waals surface area contributed by atoms with Crippen molar-refractivity contribution in [3.8, 4) is 0 Å². The van der Waals surface area contributed by atoms with E-state index in [9.17, 15) is 14.4 Å². The highest BCUT2D eigenvalue weighted by atomic mass is 32.2. The zero-order valence-corrected chi connectivity index (χ0v) is 9.86. The van der Waals surface area contributed by atoms with Gasteiger partial charge < -0.3 is 0 Å². The molecule has 0 bridgehead atoms. The smallest absolute Gasteiger partial charge is 0.189 e. The Bertz CT molecular complexity index is 314. The lowest BCUT2D eigenvalue weighted by atomic mass is 9.93. The van der Waals surface area contributed by atoms with Crippen LogP contribution < -0.4 is 0 Å². The van der Waals surface area contributed by atoms with Crippen molar-refractivity contribution in [3.05, 3.63) is 0 Å². The molecule has 0 radical (unpaired) electrons. The van der Waals surface area contributed by atoms with Gasteiger partial charge in [0.15, 0.2) is 10.2 Å². The van der Waals surface area contributed by atoms with Gasteiger partial charge in [-0.05, 0) is 5.92 Å². The first-order valence-electron chi connectivity index (χ1n) is 4.99. The van der Waals surface area contributed by atoms with Gasteiger partial charge in [-0.15, -0.1) is 0 Å². The monoisotopic (exact) mass is 244 g/mol. The van der Waals surface area contributed by atoms with E-state index >= 15 is 0 Å². The molecule has 2 atom stereocenters. The van der Waals surface area contributed by atoms with Gasteiger partial charge in [-0.25, -0.2) is 0 Å². The van der Waals surface area contributed by atoms with E-state index in [1.807, 2.05) is 0 Å². The number of ketones is 1. The molecule has 15 heavy (non-hydrogen) atoms. The van der Waals surface area contributed by atoms with Crippen molar-refractivity contribution in [2.45, 2.75) is 19.3 Å². The fraction of sp³-hybridized carbons (Fsp3) is 0.700. The van der Waals surface area contributed by atoms with E-state index in [-0.39, 0.29) is 27.8 Å². The van der Waals surface area contributed by atoms with E-state index in [2.05, 4.69) is 0 Å². The molecule has 2 aliphatic rings. The number of thioether (sulfide) groups is 2. The van der Waals surface area contributed by atoms with Crippen molar-refractivity contribution in [1.29, 1.82) is 0 Å². The summed E-state index contributed by atoms with van der Waals surface area (Å²) in [4.78, 5) is 33.8. The molecule has 2 unspecified atom stereocenters. The maximum Gasteiger partial charge on any atom is 0.189 e. The fourth-order valence-electron chi connectivity index (χ4n) is 1.87. The predicted octanol–water partition coefficient (Wildman–Crippen LogP) is 1.50. The van der Waals surface area contributed by atoms with Crippen LogP contribution in [0.25, 0.3) is 0 Å². The fourth-order valence-corrected chi connectivity index (χ4v) is 3.89. The molecule has 0 aromatic carbocycles. The largest absolute Gasteiger partial charge is 0.299 e. The Morgan fingerprint density at radius 3 is 2.33 bits per heavy atom. The summed E-state index contributed by atoms with van der Waals surface area (Å²) in [5, 5.41) is 0.329. The van der Waals surface area contributed by atoms with Crippen LogP contribution in [-0.2, 0) is 14.4 Å². The second-order valence-corrected chi connectivity index (χ2v) is 6.16. The van der Waals surface area contributed by atoms with Crippen molar-refractivity contribution < 1.29 is 14.4 Å². The summed E-state index contributed by atoms with van der Waals surface area (Å²) in [6, 6.07) is 0. The van der Waals surface area contributed by atoms with Gasteiger partial charge in [0.1, 0.15) is 5.78 Å². The minimum Gasteiger partial charge on any atom is -0.299 e. The third kappa shape index (κ3) is 2.84. The standard InChI is InChI=1S/C10H12O3S2/c11-8(7-3-10(13)15-5-7)1-6-2-9(12)14-4-6/h6-7H,1-5H2. The van der Waals surface area contributed by atoms with Crippen molar-refractivity contribution >= 4 is 39.5 Å². The van der Waals surface area contributed by atoms with E-state index in [0.717, 1.165) is 5.75 Å². The summed E-state index contributed by atoms with van der Waals surface area (Å²) in [6.45, 7) is 0. The minimum absolute atomic E-state index is 0.0804. The Kier molecular flexibility index (Phi) is 3.51. The van der Waals surface area contributed by atoms with Gasteiger partial charge in [0.2, 0.25) is 0 Å². The second kappa shape index (κ2) is 4.70. The lowest BCUT2D eigenvalue weighted by molar-refractivity contribution is -0.125. The highest BCUT2D eigenvalue weighted by Gasteiger charge is 2.32. The molecule has 82 valence electrons. The van der Waals surface area contributed by atoms with Crippen molar-refractivity contribution in [1.82, 2.24) is 0 Å². The molecule has 0 aliphatic carbocycles. The highest BCUT2D eigenvalue weighted by Crippen LogP contribution is 2.32. The first-order valence-corrected chi connectivity index (χ1v) is 6.96. The maximum atomic E-state index is 11.8. The maximum absolute atomic E-state index is 11.8. The van der Waals surface area contributed by atoms with Crippen LogP contribution in [-0.4, -0.2) is 27.5 Å². The third-order valence-electron chi connectivity index (χ3n) is 2.74. The van der Waals surface area contributed by atoms with E-state index < -0.39 is 0 Å². The molecule has 2 heterocycles. The van der Waals surface area contributed by atoms with Gasteiger partial charge in [0.05, 0.1) is 0 Å². The van der Waals surface area contributed by atoms with E-state index in [0.29, 0.717) is 25.0 Å². The molecule has 0 amide bonds. The number of carbonyl (C=O) groups is 3. The van der Waals surface area contributed by atoms with Crippen molar-refractivity contribution in [2.24, 2.45) is 11.8 Å². The van der Waals surface area contributed by atoms with Gasteiger partial charge in [-0.2, -0.15) is 0 Å². The lowest BCUT2D eigenvalue weighted by Crippen LogP contribution is -2.18. The number of Topliss-reactive ketones (excluding diaryl/α,β-unsaturated/α-hetero) is 1. The molecule has 2 aliphatic heterocycles. The van der Waals surface area contributed by atoms with Crippen molar-refractivity contribution in [2.75, 3.05) is 11.5 Å². The normalized spacial score (nSPS) is 31.2. The van der Waals surface area contributed by atoms with E-state index in [4.69, 9.17) is 0 Å². The Morgan fingerprint density at radius 1 is 1.13 bits per heavy atom. The zero-order valence-electron chi connectivity index (χ0n) is 8.23. The first-order chi connectivity index (χ1) is 7.15. The van der Waals surface area contributed by atoms with Gasteiger partial charge in [-0.1, -0.05) is 23.5 Å². The SMILES string of the molecule is O=C1CC(CC(=O)C2CSC(=O)C2)CS1. The molecule has 0 aromatic heterocycles. The molecular formula is C10H12O3S2. The molecule has 0 saturated carbocycles. The summed E-state index contributed by atoms with van der Waals surface area (Å²) >= 11 is 2.59. The van der Waals surface area contributed by atoms with Gasteiger partial charge >= 0.3 is 0 Å². The highest BCUT2D eigenvalue weighted by molar-refractivity contribution is 8.14. The first kappa shape index (κ1) is 11.2. The van der Waals surface area contributed by atoms with Crippen molar-refractivity contribution in [3.63, 3.8) is 0 Å². The van der Waals surface area contributed by atoms with Crippen LogP contribution in [0.3, 0.4) is 0 Å². The average molecular weight is 244 g/mol. The Morgan fingerprint density at radius 2 is 1.80 bits per heavy atom. The van der Waals surface area contributed by atoms with E-state index in [1.165, 1.54) is 23.5 Å². The molecule has 0 aromatic rings. The molecule has 3 nitrogen and oxygen atoms in total. The predicted molar refractivity (Wildman–Crippen MR) is 60.8 cm³/mol. The Balaban J connectivity index is 1.82. The lowest BCUT2D eigenvalue weighted by Gasteiger charge is -2.09. The topological polar surface area (TPSA) is 51.2 Å². The molecule has 0 spiro atoms. The zero-order chi connectivity index (χ0) is 10.8. The summed E-state index contributed by atoms with van der Waals surface area (Å²) in [5.74, 6) is 1.73. The van der Waals surface area contributed by atoms with Crippen LogP contribution in [0.15, 0.2) is 0 Å². The van der Waals surface area contributed by atoms with Crippen LogP contribution in [0.5, 0.6) is 0 Å². The average Bonchev–Trinajstić information content (AvgIpc) is 2.75. The van der Waals surface area contributed by atoms with Crippen LogP contribution >= 0.6 is 23.5 Å². The van der Waals surface area contributed by atoms with Crippen LogP contribution in [0.1, 0.15) is 19.3 Å². The molecular weight excluding hydrogens is 232 g/mol. The molecule has 2 saturated heterocycles.